The molecule has 0 saturated carbocycles. The van der Waals surface area contributed by atoms with Crippen molar-refractivity contribution >= 4 is 11.8 Å². The van der Waals surface area contributed by atoms with Gasteiger partial charge in [0.1, 0.15) is 11.6 Å². The van der Waals surface area contributed by atoms with Gasteiger partial charge in [0.25, 0.3) is 11.1 Å². The van der Waals surface area contributed by atoms with E-state index in [4.69, 9.17) is 9.15 Å². The van der Waals surface area contributed by atoms with Crippen LogP contribution in [0.1, 0.15) is 35.1 Å². The molecule has 0 spiro atoms. The third-order valence-corrected chi connectivity index (χ3v) is 5.32. The van der Waals surface area contributed by atoms with Crippen molar-refractivity contribution in [1.29, 1.82) is 0 Å². The first-order valence-electron chi connectivity index (χ1n) is 8.23. The van der Waals surface area contributed by atoms with Crippen molar-refractivity contribution in [1.82, 2.24) is 10.2 Å². The fourth-order valence-electron chi connectivity index (χ4n) is 2.97. The fourth-order valence-corrected chi connectivity index (χ4v) is 4.09. The Bertz CT molecular complexity index is 851. The van der Waals surface area contributed by atoms with Gasteiger partial charge in [-0.1, -0.05) is 36.0 Å². The van der Waals surface area contributed by atoms with Crippen LogP contribution in [-0.4, -0.2) is 10.2 Å². The largest absolute Gasteiger partial charge is 0.484 e. The van der Waals surface area contributed by atoms with E-state index < -0.39 is 0 Å². The maximum atomic E-state index is 12.9. The standard InChI is InChI=1S/C19H17FN2O2S/c20-14-8-10-15(11-9-14)23-12-18-21-22-19(24-18)25-17-7-3-5-13-4-1-2-6-16(13)17/h1-2,4,6,8-11,17H,3,5,7,12H2. The van der Waals surface area contributed by atoms with Gasteiger partial charge < -0.3 is 9.15 Å². The third kappa shape index (κ3) is 3.85. The number of thioether (sulfide) groups is 1. The van der Waals surface area contributed by atoms with Gasteiger partial charge in [-0.3, -0.25) is 0 Å². The van der Waals surface area contributed by atoms with E-state index in [-0.39, 0.29) is 12.4 Å². The van der Waals surface area contributed by atoms with Crippen LogP contribution in [0.15, 0.2) is 58.2 Å². The SMILES string of the molecule is Fc1ccc(OCc2nnc(SC3CCCc4ccccc43)o2)cc1. The second-order valence-electron chi connectivity index (χ2n) is 5.90. The molecule has 2 aromatic carbocycles. The van der Waals surface area contributed by atoms with E-state index in [1.807, 2.05) is 0 Å². The maximum Gasteiger partial charge on any atom is 0.277 e. The maximum absolute atomic E-state index is 12.9. The van der Waals surface area contributed by atoms with Gasteiger partial charge in [-0.25, -0.2) is 4.39 Å². The van der Waals surface area contributed by atoms with Gasteiger partial charge >= 0.3 is 0 Å². The van der Waals surface area contributed by atoms with E-state index in [1.165, 1.54) is 29.7 Å². The number of aryl methyl sites for hydroxylation is 1. The van der Waals surface area contributed by atoms with E-state index in [9.17, 15) is 4.39 Å². The molecule has 0 N–H and O–H groups in total. The van der Waals surface area contributed by atoms with Gasteiger partial charge in [-0.2, -0.15) is 0 Å². The van der Waals surface area contributed by atoms with Crippen molar-refractivity contribution in [2.75, 3.05) is 0 Å². The number of hydrogen-bond acceptors (Lipinski definition) is 5. The van der Waals surface area contributed by atoms with Crippen molar-refractivity contribution in [3.63, 3.8) is 0 Å². The lowest BCUT2D eigenvalue weighted by Gasteiger charge is -2.23. The van der Waals surface area contributed by atoms with Gasteiger partial charge in [0, 0.05) is 5.25 Å². The zero-order valence-corrected chi connectivity index (χ0v) is 14.3. The van der Waals surface area contributed by atoms with Crippen LogP contribution < -0.4 is 4.74 Å². The Morgan fingerprint density at radius 2 is 1.96 bits per heavy atom. The summed E-state index contributed by atoms with van der Waals surface area (Å²) in [6, 6.07) is 14.4. The predicted octanol–water partition coefficient (Wildman–Crippen LogP) is 4.96. The second-order valence-corrected chi connectivity index (χ2v) is 7.06. The Balaban J connectivity index is 1.39. The van der Waals surface area contributed by atoms with E-state index in [0.29, 0.717) is 22.1 Å². The molecule has 1 aliphatic rings. The number of nitrogens with zero attached hydrogens (tertiary/aromatic N) is 2. The number of hydrogen-bond donors (Lipinski definition) is 0. The molecule has 0 saturated heterocycles. The molecule has 25 heavy (non-hydrogen) atoms. The molecule has 1 atom stereocenters. The summed E-state index contributed by atoms with van der Waals surface area (Å²) < 4.78 is 24.1. The minimum atomic E-state index is -0.295. The number of fused-ring (bicyclic) bond motifs is 1. The molecule has 1 aliphatic carbocycles. The van der Waals surface area contributed by atoms with Crippen LogP contribution in [0.2, 0.25) is 0 Å². The number of aromatic nitrogens is 2. The molecule has 6 heteroatoms. The summed E-state index contributed by atoms with van der Waals surface area (Å²) in [6.45, 7) is 0.167. The summed E-state index contributed by atoms with van der Waals surface area (Å²) in [4.78, 5) is 0. The summed E-state index contributed by atoms with van der Waals surface area (Å²) >= 11 is 1.61. The van der Waals surface area contributed by atoms with Gasteiger partial charge in [0.2, 0.25) is 0 Å². The van der Waals surface area contributed by atoms with E-state index >= 15 is 0 Å². The van der Waals surface area contributed by atoms with Crippen molar-refractivity contribution < 1.29 is 13.5 Å². The van der Waals surface area contributed by atoms with Crippen LogP contribution in [-0.2, 0) is 13.0 Å². The van der Waals surface area contributed by atoms with E-state index in [2.05, 4.69) is 34.5 Å². The molecule has 128 valence electrons. The molecule has 1 unspecified atom stereocenters. The number of halogens is 1. The van der Waals surface area contributed by atoms with Crippen LogP contribution >= 0.6 is 11.8 Å². The van der Waals surface area contributed by atoms with Crippen LogP contribution in [0.4, 0.5) is 4.39 Å². The highest BCUT2D eigenvalue weighted by atomic mass is 32.2. The first-order chi connectivity index (χ1) is 12.3. The van der Waals surface area contributed by atoms with Crippen LogP contribution in [0.3, 0.4) is 0 Å². The van der Waals surface area contributed by atoms with Crippen LogP contribution in [0, 0.1) is 5.82 Å². The first-order valence-corrected chi connectivity index (χ1v) is 9.11. The normalized spacial score (nSPS) is 16.4. The molecule has 4 rings (SSSR count). The average Bonchev–Trinajstić information content (AvgIpc) is 3.09. The summed E-state index contributed by atoms with van der Waals surface area (Å²) in [6.07, 6.45) is 3.41. The lowest BCUT2D eigenvalue weighted by atomic mass is 9.91. The highest BCUT2D eigenvalue weighted by Crippen LogP contribution is 2.42. The second kappa shape index (κ2) is 7.27. The number of benzene rings is 2. The smallest absolute Gasteiger partial charge is 0.277 e. The summed E-state index contributed by atoms with van der Waals surface area (Å²) in [5, 5.41) is 9.05. The Labute approximate surface area is 149 Å². The summed E-state index contributed by atoms with van der Waals surface area (Å²) in [5.41, 5.74) is 2.77. The molecule has 1 heterocycles. The average molecular weight is 356 g/mol. The number of ether oxygens (including phenoxy) is 1. The zero-order valence-electron chi connectivity index (χ0n) is 13.5. The van der Waals surface area contributed by atoms with Gasteiger partial charge in [-0.05, 0) is 54.7 Å². The Kier molecular flexibility index (Phi) is 4.70. The van der Waals surface area contributed by atoms with Gasteiger partial charge in [-0.15, -0.1) is 10.2 Å². The van der Waals surface area contributed by atoms with Crippen molar-refractivity contribution in [3.05, 3.63) is 71.4 Å². The Hall–Kier alpha value is -2.34. The Morgan fingerprint density at radius 1 is 1.12 bits per heavy atom. The molecule has 1 aromatic heterocycles. The minimum Gasteiger partial charge on any atom is -0.484 e. The van der Waals surface area contributed by atoms with Gasteiger partial charge in [0.15, 0.2) is 6.61 Å². The van der Waals surface area contributed by atoms with Crippen molar-refractivity contribution in [2.45, 2.75) is 36.3 Å². The van der Waals surface area contributed by atoms with Crippen LogP contribution in [0.5, 0.6) is 5.75 Å². The van der Waals surface area contributed by atoms with E-state index in [1.54, 1.807) is 23.9 Å². The molecule has 0 aliphatic heterocycles. The number of rotatable bonds is 5. The molecule has 3 aromatic rings. The highest BCUT2D eigenvalue weighted by molar-refractivity contribution is 7.99. The monoisotopic (exact) mass is 356 g/mol. The topological polar surface area (TPSA) is 48.2 Å². The fraction of sp³-hybridized carbons (Fsp3) is 0.263. The van der Waals surface area contributed by atoms with Gasteiger partial charge in [0.05, 0.1) is 0 Å². The predicted molar refractivity (Wildman–Crippen MR) is 93.0 cm³/mol. The minimum absolute atomic E-state index is 0.167. The molecule has 0 bridgehead atoms. The van der Waals surface area contributed by atoms with Crippen LogP contribution in [0.25, 0.3) is 0 Å². The lowest BCUT2D eigenvalue weighted by Crippen LogP contribution is -2.06. The first kappa shape index (κ1) is 16.1. The molecule has 0 amide bonds. The lowest BCUT2D eigenvalue weighted by molar-refractivity contribution is 0.251. The molecule has 0 fully saturated rings. The highest BCUT2D eigenvalue weighted by Gasteiger charge is 2.23. The summed E-state index contributed by atoms with van der Waals surface area (Å²) in [7, 11) is 0. The van der Waals surface area contributed by atoms with Crippen molar-refractivity contribution in [3.8, 4) is 5.75 Å². The molecule has 0 radical (unpaired) electrons. The molecule has 4 nitrogen and oxygen atoms in total. The van der Waals surface area contributed by atoms with E-state index in [0.717, 1.165) is 12.8 Å². The molecular weight excluding hydrogens is 339 g/mol. The quantitative estimate of drug-likeness (QED) is 0.647. The van der Waals surface area contributed by atoms with Crippen molar-refractivity contribution in [2.24, 2.45) is 0 Å². The zero-order chi connectivity index (χ0) is 17.1. The molecular formula is C19H17FN2O2S. The third-order valence-electron chi connectivity index (χ3n) is 4.18. The summed E-state index contributed by atoms with van der Waals surface area (Å²) in [5.74, 6) is 0.683. The Morgan fingerprint density at radius 3 is 2.84 bits per heavy atom.